The summed E-state index contributed by atoms with van der Waals surface area (Å²) in [5.74, 6) is 0. The number of thiophene rings is 1. The normalized spacial score (nSPS) is 20.2. The van der Waals surface area contributed by atoms with Crippen LogP contribution in [0, 0.1) is 0 Å². The van der Waals surface area contributed by atoms with E-state index in [1.54, 1.807) is 18.2 Å². The van der Waals surface area contributed by atoms with Crippen LogP contribution in [0.1, 0.15) is 11.7 Å². The number of benzene rings is 1. The van der Waals surface area contributed by atoms with E-state index < -0.39 is 10.0 Å². The zero-order chi connectivity index (χ0) is 15.7. The second kappa shape index (κ2) is 6.47. The molecule has 0 N–H and O–H groups in total. The Balaban J connectivity index is 1.84. The van der Waals surface area contributed by atoms with Gasteiger partial charge >= 0.3 is 0 Å². The molecule has 4 nitrogen and oxygen atoms in total. The van der Waals surface area contributed by atoms with Crippen LogP contribution in [-0.2, 0) is 14.8 Å². The zero-order valence-electron chi connectivity index (χ0n) is 11.4. The molecule has 0 bridgehead atoms. The zero-order valence-corrected chi connectivity index (χ0v) is 14.6. The third kappa shape index (κ3) is 3.32. The Hall–Kier alpha value is -0.630. The molecular weight excluding hydrogens is 365 g/mol. The van der Waals surface area contributed by atoms with Crippen molar-refractivity contribution in [3.05, 3.63) is 51.3 Å². The van der Waals surface area contributed by atoms with Crippen molar-refractivity contribution in [2.45, 2.75) is 10.3 Å². The lowest BCUT2D eigenvalue weighted by molar-refractivity contribution is -0.00249. The fraction of sp³-hybridized carbons (Fsp3) is 0.286. The SMILES string of the molecule is O=S(=O)(c1ccc(Cl)s1)N1CCOC(c2cccc(Cl)c2)C1. The summed E-state index contributed by atoms with van der Waals surface area (Å²) < 4.78 is 33.1. The molecule has 8 heteroatoms. The highest BCUT2D eigenvalue weighted by Crippen LogP contribution is 2.31. The Labute approximate surface area is 143 Å². The first kappa shape index (κ1) is 16.2. The average Bonchev–Trinajstić information content (AvgIpc) is 2.95. The van der Waals surface area contributed by atoms with Crippen LogP contribution in [-0.4, -0.2) is 32.4 Å². The molecule has 2 aromatic rings. The second-order valence-corrected chi connectivity index (χ2v) is 9.15. The van der Waals surface area contributed by atoms with Gasteiger partial charge < -0.3 is 4.74 Å². The van der Waals surface area contributed by atoms with Crippen LogP contribution in [0.25, 0.3) is 0 Å². The van der Waals surface area contributed by atoms with Gasteiger partial charge in [0.1, 0.15) is 4.21 Å². The van der Waals surface area contributed by atoms with Gasteiger partial charge in [-0.2, -0.15) is 4.31 Å². The van der Waals surface area contributed by atoms with Crippen molar-refractivity contribution in [3.8, 4) is 0 Å². The Bertz CT molecular complexity index is 776. The van der Waals surface area contributed by atoms with Crippen LogP contribution < -0.4 is 0 Å². The highest BCUT2D eigenvalue weighted by atomic mass is 35.5. The molecule has 2 heterocycles. The van der Waals surface area contributed by atoms with Crippen LogP contribution in [0.3, 0.4) is 0 Å². The molecule has 1 aliphatic rings. The standard InChI is InChI=1S/C14H13Cl2NO3S2/c15-11-3-1-2-10(8-11)12-9-17(6-7-20-12)22(18,19)14-5-4-13(16)21-14/h1-5,8,12H,6-7,9H2. The van der Waals surface area contributed by atoms with Crippen LogP contribution in [0.15, 0.2) is 40.6 Å². The number of rotatable bonds is 3. The minimum absolute atomic E-state index is 0.254. The molecule has 3 rings (SSSR count). The molecule has 1 fully saturated rings. The predicted molar refractivity (Wildman–Crippen MR) is 88.2 cm³/mol. The number of morpholine rings is 1. The lowest BCUT2D eigenvalue weighted by atomic mass is 10.1. The fourth-order valence-electron chi connectivity index (χ4n) is 2.32. The topological polar surface area (TPSA) is 46.6 Å². The Kier molecular flexibility index (Phi) is 4.77. The maximum absolute atomic E-state index is 12.6. The van der Waals surface area contributed by atoms with Gasteiger partial charge in [-0.3, -0.25) is 0 Å². The monoisotopic (exact) mass is 377 g/mol. The molecule has 1 saturated heterocycles. The largest absolute Gasteiger partial charge is 0.371 e. The number of nitrogens with zero attached hydrogens (tertiary/aromatic N) is 1. The molecule has 1 aromatic carbocycles. The highest BCUT2D eigenvalue weighted by molar-refractivity contribution is 7.91. The summed E-state index contributed by atoms with van der Waals surface area (Å²) in [6, 6.07) is 10.4. The molecule has 1 atom stereocenters. The van der Waals surface area contributed by atoms with Crippen LogP contribution in [0.5, 0.6) is 0 Å². The molecule has 1 aliphatic heterocycles. The van der Waals surface area contributed by atoms with E-state index in [-0.39, 0.29) is 16.9 Å². The predicted octanol–water partition coefficient (Wildman–Crippen LogP) is 3.82. The summed E-state index contributed by atoms with van der Waals surface area (Å²) in [7, 11) is -3.54. The van der Waals surface area contributed by atoms with Crippen molar-refractivity contribution in [2.24, 2.45) is 0 Å². The third-order valence-electron chi connectivity index (χ3n) is 3.39. The van der Waals surface area contributed by atoms with Crippen molar-refractivity contribution in [1.29, 1.82) is 0 Å². The van der Waals surface area contributed by atoms with Crippen LogP contribution in [0.4, 0.5) is 0 Å². The van der Waals surface area contributed by atoms with Crippen molar-refractivity contribution < 1.29 is 13.2 Å². The lowest BCUT2D eigenvalue weighted by Gasteiger charge is -2.32. The maximum Gasteiger partial charge on any atom is 0.252 e. The summed E-state index contributed by atoms with van der Waals surface area (Å²) >= 11 is 12.9. The minimum atomic E-state index is -3.54. The number of ether oxygens (including phenoxy) is 1. The first-order valence-corrected chi connectivity index (χ1v) is 9.60. The van der Waals surface area contributed by atoms with Crippen molar-refractivity contribution in [2.75, 3.05) is 19.7 Å². The average molecular weight is 378 g/mol. The molecule has 0 amide bonds. The molecule has 0 saturated carbocycles. The number of hydrogen-bond donors (Lipinski definition) is 0. The van der Waals surface area contributed by atoms with Gasteiger partial charge in [0.05, 0.1) is 17.0 Å². The number of halogens is 2. The quantitative estimate of drug-likeness (QED) is 0.816. The van der Waals surface area contributed by atoms with E-state index in [2.05, 4.69) is 0 Å². The maximum atomic E-state index is 12.6. The van der Waals surface area contributed by atoms with E-state index in [4.69, 9.17) is 27.9 Å². The van der Waals surface area contributed by atoms with Crippen molar-refractivity contribution in [3.63, 3.8) is 0 Å². The van der Waals surface area contributed by atoms with Crippen molar-refractivity contribution >= 4 is 44.6 Å². The molecule has 1 aromatic heterocycles. The highest BCUT2D eigenvalue weighted by Gasteiger charge is 2.32. The summed E-state index contributed by atoms with van der Waals surface area (Å²) in [6.45, 7) is 0.933. The van der Waals surface area contributed by atoms with E-state index in [0.29, 0.717) is 22.5 Å². The molecule has 0 spiro atoms. The summed E-state index contributed by atoms with van der Waals surface area (Å²) in [4.78, 5) is 0. The lowest BCUT2D eigenvalue weighted by Crippen LogP contribution is -2.41. The Morgan fingerprint density at radius 1 is 1.23 bits per heavy atom. The van der Waals surface area contributed by atoms with Gasteiger partial charge in [0.25, 0.3) is 10.0 Å². The Morgan fingerprint density at radius 3 is 2.73 bits per heavy atom. The van der Waals surface area contributed by atoms with E-state index in [0.717, 1.165) is 16.9 Å². The van der Waals surface area contributed by atoms with E-state index in [1.807, 2.05) is 12.1 Å². The van der Waals surface area contributed by atoms with E-state index in [9.17, 15) is 8.42 Å². The number of sulfonamides is 1. The van der Waals surface area contributed by atoms with Gasteiger partial charge in [-0.05, 0) is 29.8 Å². The first-order chi connectivity index (χ1) is 10.5. The van der Waals surface area contributed by atoms with Crippen molar-refractivity contribution in [1.82, 2.24) is 4.31 Å². The van der Waals surface area contributed by atoms with Gasteiger partial charge in [0.2, 0.25) is 0 Å². The Morgan fingerprint density at radius 2 is 2.05 bits per heavy atom. The third-order valence-corrected chi connectivity index (χ3v) is 7.19. The molecule has 118 valence electrons. The van der Waals surface area contributed by atoms with Crippen LogP contribution in [0.2, 0.25) is 9.36 Å². The van der Waals surface area contributed by atoms with Gasteiger partial charge in [-0.1, -0.05) is 35.3 Å². The smallest absolute Gasteiger partial charge is 0.252 e. The molecule has 0 aliphatic carbocycles. The number of hydrogen-bond acceptors (Lipinski definition) is 4. The van der Waals surface area contributed by atoms with Gasteiger partial charge in [0, 0.05) is 18.1 Å². The molecular formula is C14H13Cl2NO3S2. The second-order valence-electron chi connectivity index (χ2n) is 4.84. The van der Waals surface area contributed by atoms with E-state index >= 15 is 0 Å². The molecule has 0 radical (unpaired) electrons. The summed E-state index contributed by atoms with van der Waals surface area (Å²) in [6.07, 6.45) is -0.322. The molecule has 1 unspecified atom stereocenters. The fourth-order valence-corrected chi connectivity index (χ4v) is 5.58. The minimum Gasteiger partial charge on any atom is -0.371 e. The summed E-state index contributed by atoms with van der Waals surface area (Å²) in [5.41, 5.74) is 0.872. The molecule has 22 heavy (non-hydrogen) atoms. The van der Waals surface area contributed by atoms with Gasteiger partial charge in [-0.25, -0.2) is 8.42 Å². The van der Waals surface area contributed by atoms with Gasteiger partial charge in [0.15, 0.2) is 0 Å². The summed E-state index contributed by atoms with van der Waals surface area (Å²) in [5, 5.41) is 0.603. The van der Waals surface area contributed by atoms with Gasteiger partial charge in [-0.15, -0.1) is 11.3 Å². The van der Waals surface area contributed by atoms with Crippen LogP contribution >= 0.6 is 34.5 Å². The van der Waals surface area contributed by atoms with E-state index in [1.165, 1.54) is 10.4 Å². The first-order valence-electron chi connectivity index (χ1n) is 6.59.